The quantitative estimate of drug-likeness (QED) is 0.248. The number of benzene rings is 1. The molecule has 2 atom stereocenters. The van der Waals surface area contributed by atoms with E-state index >= 15 is 0 Å². The first-order chi connectivity index (χ1) is 20.6. The van der Waals surface area contributed by atoms with Gasteiger partial charge >= 0.3 is 18.1 Å². The van der Waals surface area contributed by atoms with Gasteiger partial charge in [0.25, 0.3) is 11.5 Å². The van der Waals surface area contributed by atoms with E-state index in [1.807, 2.05) is 0 Å². The van der Waals surface area contributed by atoms with Crippen LogP contribution in [-0.4, -0.2) is 57.0 Å². The predicted octanol–water partition coefficient (Wildman–Crippen LogP) is 3.73. The fourth-order valence-electron chi connectivity index (χ4n) is 4.29. The molecule has 1 aromatic carbocycles. The van der Waals surface area contributed by atoms with Crippen molar-refractivity contribution in [1.82, 2.24) is 15.3 Å². The minimum Gasteiger partial charge on any atom is -0.460 e. The van der Waals surface area contributed by atoms with Gasteiger partial charge in [-0.3, -0.25) is 24.2 Å². The Morgan fingerprint density at radius 1 is 0.933 bits per heavy atom. The third-order valence-electron chi connectivity index (χ3n) is 6.21. The number of carbonyl (C=O) groups excluding carboxylic acids is 4. The molecule has 1 unspecified atom stereocenters. The lowest BCUT2D eigenvalue weighted by molar-refractivity contribution is -0.173. The second-order valence-corrected chi connectivity index (χ2v) is 12.4. The number of ketones is 1. The van der Waals surface area contributed by atoms with Gasteiger partial charge in [-0.05, 0) is 84.9 Å². The standard InChI is InChI=1S/C30H40F3N5O7/c1-28(2,3)44-21(39)15-14-20(26(43)45-29(4,5)6)36-24(41)17-12-10-16(11-13-17)18(22(40)30(31,32)33)8-7-9-19-23(34)37-27(35)38-25(19)42/h10-13,18,20H,7-9,14-15H2,1-6H3,(H,36,41)(H5,34,35,37,38,42)/t18?,20-/m1/s1. The normalized spacial score (nSPS) is 13.4. The lowest BCUT2D eigenvalue weighted by Gasteiger charge is -2.25. The number of aromatic nitrogens is 2. The highest BCUT2D eigenvalue weighted by molar-refractivity contribution is 5.97. The van der Waals surface area contributed by atoms with Crippen LogP contribution in [-0.2, 0) is 30.3 Å². The van der Waals surface area contributed by atoms with Crippen molar-refractivity contribution in [2.45, 2.75) is 103 Å². The van der Waals surface area contributed by atoms with Crippen LogP contribution in [0.4, 0.5) is 24.9 Å². The maximum absolute atomic E-state index is 13.5. The fraction of sp³-hybridized carbons (Fsp3) is 0.533. The summed E-state index contributed by atoms with van der Waals surface area (Å²) in [4.78, 5) is 68.6. The second kappa shape index (κ2) is 14.6. The Morgan fingerprint density at radius 2 is 1.51 bits per heavy atom. The van der Waals surface area contributed by atoms with Crippen molar-refractivity contribution in [3.63, 3.8) is 0 Å². The zero-order valence-corrected chi connectivity index (χ0v) is 26.1. The van der Waals surface area contributed by atoms with E-state index in [1.165, 1.54) is 24.3 Å². The Balaban J connectivity index is 2.23. The first-order valence-corrected chi connectivity index (χ1v) is 14.2. The number of nitrogens with one attached hydrogen (secondary N) is 2. The first kappa shape index (κ1) is 36.8. The molecule has 2 rings (SSSR count). The number of anilines is 2. The Kier molecular flexibility index (Phi) is 11.9. The summed E-state index contributed by atoms with van der Waals surface area (Å²) >= 11 is 0. The molecule has 0 fully saturated rings. The number of H-pyrrole nitrogens is 1. The van der Waals surface area contributed by atoms with Crippen LogP contribution in [0.25, 0.3) is 0 Å². The summed E-state index contributed by atoms with van der Waals surface area (Å²) in [5.74, 6) is -6.14. The molecule has 2 aromatic rings. The van der Waals surface area contributed by atoms with E-state index in [2.05, 4.69) is 15.3 Å². The molecule has 1 amide bonds. The molecule has 0 aliphatic carbocycles. The van der Waals surface area contributed by atoms with Gasteiger partial charge < -0.3 is 26.3 Å². The van der Waals surface area contributed by atoms with Gasteiger partial charge in [0, 0.05) is 12.0 Å². The molecule has 0 saturated carbocycles. The van der Waals surface area contributed by atoms with Crippen LogP contribution in [0.15, 0.2) is 29.1 Å². The van der Waals surface area contributed by atoms with Crippen molar-refractivity contribution in [3.05, 3.63) is 51.3 Å². The average molecular weight is 640 g/mol. The third kappa shape index (κ3) is 11.9. The van der Waals surface area contributed by atoms with Crippen LogP contribution in [0, 0.1) is 0 Å². The molecule has 15 heteroatoms. The summed E-state index contributed by atoms with van der Waals surface area (Å²) in [5, 5.41) is 2.51. The SMILES string of the molecule is CC(C)(C)OC(=O)CC[C@@H](NC(=O)c1ccc(C(CCCc2c(N)nc(N)[nH]c2=O)C(=O)C(F)(F)F)cc1)C(=O)OC(C)(C)C. The van der Waals surface area contributed by atoms with E-state index in [0.717, 1.165) is 0 Å². The molecule has 0 radical (unpaired) electrons. The Hall–Kier alpha value is -4.43. The summed E-state index contributed by atoms with van der Waals surface area (Å²) in [5.41, 5.74) is 8.86. The maximum Gasteiger partial charge on any atom is 0.450 e. The van der Waals surface area contributed by atoms with Gasteiger partial charge in [0.15, 0.2) is 0 Å². The van der Waals surface area contributed by atoms with Crippen molar-refractivity contribution in [2.24, 2.45) is 0 Å². The topological polar surface area (TPSA) is 197 Å². The molecule has 0 aliphatic heterocycles. The van der Waals surface area contributed by atoms with E-state index in [1.54, 1.807) is 41.5 Å². The number of nitrogens with two attached hydrogens (primary N) is 2. The number of hydrogen-bond acceptors (Lipinski definition) is 10. The summed E-state index contributed by atoms with van der Waals surface area (Å²) in [6.45, 7) is 9.95. The number of Topliss-reactive ketones (excluding diaryl/α,β-unsaturated/α-hetero) is 1. The number of alkyl halides is 3. The predicted molar refractivity (Wildman–Crippen MR) is 159 cm³/mol. The number of carbonyl (C=O) groups is 4. The number of hydrogen-bond donors (Lipinski definition) is 4. The van der Waals surface area contributed by atoms with Gasteiger partial charge in [-0.25, -0.2) is 4.79 Å². The highest BCUT2D eigenvalue weighted by atomic mass is 19.4. The van der Waals surface area contributed by atoms with Crippen LogP contribution in [0.1, 0.15) is 94.6 Å². The largest absolute Gasteiger partial charge is 0.460 e. The number of nitrogen functional groups attached to an aromatic ring is 2. The van der Waals surface area contributed by atoms with Gasteiger partial charge in [0.2, 0.25) is 11.7 Å². The Morgan fingerprint density at radius 3 is 2.02 bits per heavy atom. The van der Waals surface area contributed by atoms with E-state index in [9.17, 15) is 37.1 Å². The fourth-order valence-corrected chi connectivity index (χ4v) is 4.29. The number of halogens is 3. The molecule has 12 nitrogen and oxygen atoms in total. The minimum atomic E-state index is -5.14. The highest BCUT2D eigenvalue weighted by Crippen LogP contribution is 2.32. The molecular formula is C30H40F3N5O7. The maximum atomic E-state index is 13.5. The van der Waals surface area contributed by atoms with E-state index in [0.29, 0.717) is 0 Å². The van der Waals surface area contributed by atoms with E-state index in [4.69, 9.17) is 20.9 Å². The Bertz CT molecular complexity index is 1440. The number of amides is 1. The molecule has 0 saturated heterocycles. The lowest BCUT2D eigenvalue weighted by Crippen LogP contribution is -2.44. The van der Waals surface area contributed by atoms with Crippen LogP contribution >= 0.6 is 0 Å². The number of nitrogens with zero attached hydrogens (tertiary/aromatic N) is 1. The molecule has 0 aliphatic rings. The molecule has 1 aromatic heterocycles. The van der Waals surface area contributed by atoms with Crippen molar-refractivity contribution < 1.29 is 41.8 Å². The number of aromatic amines is 1. The van der Waals surface area contributed by atoms with Crippen molar-refractivity contribution in [3.8, 4) is 0 Å². The summed E-state index contributed by atoms with van der Waals surface area (Å²) in [6.07, 6.45) is -5.86. The molecule has 1 heterocycles. The number of rotatable bonds is 12. The van der Waals surface area contributed by atoms with Crippen molar-refractivity contribution >= 4 is 35.4 Å². The second-order valence-electron chi connectivity index (χ2n) is 12.4. The van der Waals surface area contributed by atoms with Crippen LogP contribution in [0.5, 0.6) is 0 Å². The van der Waals surface area contributed by atoms with Gasteiger partial charge in [-0.2, -0.15) is 18.2 Å². The minimum absolute atomic E-state index is 0.0141. The lowest BCUT2D eigenvalue weighted by atomic mass is 9.88. The molecule has 248 valence electrons. The van der Waals surface area contributed by atoms with Crippen LogP contribution in [0.3, 0.4) is 0 Å². The summed E-state index contributed by atoms with van der Waals surface area (Å²) < 4.78 is 51.1. The summed E-state index contributed by atoms with van der Waals surface area (Å²) in [6, 6.07) is 3.61. The third-order valence-corrected chi connectivity index (χ3v) is 6.21. The van der Waals surface area contributed by atoms with Gasteiger partial charge in [-0.1, -0.05) is 12.1 Å². The molecule has 6 N–H and O–H groups in total. The average Bonchev–Trinajstić information content (AvgIpc) is 2.87. The zero-order chi connectivity index (χ0) is 34.3. The van der Waals surface area contributed by atoms with Crippen LogP contribution in [0.2, 0.25) is 0 Å². The molecular weight excluding hydrogens is 599 g/mol. The molecule has 45 heavy (non-hydrogen) atoms. The van der Waals surface area contributed by atoms with Gasteiger partial charge in [0.1, 0.15) is 23.1 Å². The summed E-state index contributed by atoms with van der Waals surface area (Å²) in [7, 11) is 0. The van der Waals surface area contributed by atoms with E-state index < -0.39 is 58.5 Å². The Labute approximate surface area is 258 Å². The molecule has 0 spiro atoms. The molecule has 0 bridgehead atoms. The van der Waals surface area contributed by atoms with Gasteiger partial charge in [-0.15, -0.1) is 0 Å². The van der Waals surface area contributed by atoms with Crippen LogP contribution < -0.4 is 22.3 Å². The van der Waals surface area contributed by atoms with Crippen molar-refractivity contribution in [2.75, 3.05) is 11.5 Å². The van der Waals surface area contributed by atoms with Gasteiger partial charge in [0.05, 0.1) is 11.5 Å². The first-order valence-electron chi connectivity index (χ1n) is 14.2. The number of esters is 2. The smallest absolute Gasteiger partial charge is 0.450 e. The zero-order valence-electron chi connectivity index (χ0n) is 26.1. The van der Waals surface area contributed by atoms with Crippen molar-refractivity contribution in [1.29, 1.82) is 0 Å². The number of ether oxygens (including phenoxy) is 2. The highest BCUT2D eigenvalue weighted by Gasteiger charge is 2.43. The monoisotopic (exact) mass is 639 g/mol. The van der Waals surface area contributed by atoms with E-state index in [-0.39, 0.29) is 60.6 Å².